The lowest BCUT2D eigenvalue weighted by atomic mass is 9.97. The third-order valence-electron chi connectivity index (χ3n) is 9.27. The van der Waals surface area contributed by atoms with Crippen molar-refractivity contribution in [3.63, 3.8) is 0 Å². The first-order valence-corrected chi connectivity index (χ1v) is 15.3. The Hall–Kier alpha value is -5.88. The summed E-state index contributed by atoms with van der Waals surface area (Å²) in [7, 11) is 0. The maximum atomic E-state index is 6.29. The van der Waals surface area contributed by atoms with E-state index in [4.69, 9.17) is 8.83 Å². The first kappa shape index (κ1) is 24.6. The van der Waals surface area contributed by atoms with Gasteiger partial charge in [0, 0.05) is 39.6 Å². The van der Waals surface area contributed by atoms with Crippen LogP contribution in [0, 0.1) is 0 Å². The van der Waals surface area contributed by atoms with E-state index < -0.39 is 0 Å². The van der Waals surface area contributed by atoms with Crippen LogP contribution in [-0.4, -0.2) is 19.6 Å². The highest BCUT2D eigenvalue weighted by atomic mass is 16.3. The smallest absolute Gasteiger partial charge is 0.135 e. The number of benzene rings is 5. The Morgan fingerprint density at radius 1 is 0.556 bits per heavy atom. The summed E-state index contributed by atoms with van der Waals surface area (Å²) in [6.07, 6.45) is 9.39. The second kappa shape index (κ2) is 9.31. The molecule has 0 fully saturated rings. The fourth-order valence-corrected chi connectivity index (χ4v) is 7.00. The molecule has 0 bridgehead atoms. The zero-order valence-corrected chi connectivity index (χ0v) is 24.3. The van der Waals surface area contributed by atoms with Gasteiger partial charge in [0.1, 0.15) is 22.3 Å². The van der Waals surface area contributed by atoms with Gasteiger partial charge < -0.3 is 13.4 Å². The first-order chi connectivity index (χ1) is 22.2. The Labute approximate surface area is 257 Å². The Morgan fingerprint density at radius 2 is 1.22 bits per heavy atom. The number of aryl methyl sites for hydroxylation is 2. The molecule has 9 aromatic rings. The molecule has 0 N–H and O–H groups in total. The van der Waals surface area contributed by atoms with Crippen molar-refractivity contribution in [2.45, 2.75) is 19.3 Å². The predicted molar refractivity (Wildman–Crippen MR) is 178 cm³/mol. The topological polar surface area (TPSA) is 61.9 Å². The molecule has 0 spiro atoms. The number of furan rings is 2. The van der Waals surface area contributed by atoms with Gasteiger partial charge in [-0.05, 0) is 102 Å². The predicted octanol–water partition coefficient (Wildman–Crippen LogP) is 9.68. The standard InChI is InChI=1S/C39H26N4O2/c1-2-10-36-31(9-1)32-18-26(11-14-37(32)44-36)24-5-3-6-25(17-24)27-12-15-38-33(19-27)34-20-29(13-16-39(34)45-38)42-22-28-7-4-8-30-21-40-41-43(30)35(28)23-42/h1-3,5-6,9-23H,4,7-8H2. The second-order valence-corrected chi connectivity index (χ2v) is 12.0. The minimum atomic E-state index is 0.882. The molecule has 0 unspecified atom stereocenters. The summed E-state index contributed by atoms with van der Waals surface area (Å²) in [6.45, 7) is 0. The van der Waals surface area contributed by atoms with Gasteiger partial charge in [-0.15, -0.1) is 5.10 Å². The SMILES string of the molecule is c1cc(-c2ccc3oc4ccccc4c3c2)cc(-c2ccc3oc4ccc(-n5cc6c(c5)-n5nncc5CCC6)cc4c3c2)c1. The molecule has 0 radical (unpaired) electrons. The summed E-state index contributed by atoms with van der Waals surface area (Å²) in [4.78, 5) is 0. The number of hydrogen-bond donors (Lipinski definition) is 0. The van der Waals surface area contributed by atoms with Crippen LogP contribution in [0.4, 0.5) is 0 Å². The highest BCUT2D eigenvalue weighted by Crippen LogP contribution is 2.37. The van der Waals surface area contributed by atoms with Crippen molar-refractivity contribution in [2.24, 2.45) is 0 Å². The highest BCUT2D eigenvalue weighted by Gasteiger charge is 2.19. The van der Waals surface area contributed by atoms with Crippen molar-refractivity contribution in [1.29, 1.82) is 0 Å². The van der Waals surface area contributed by atoms with E-state index in [2.05, 4.69) is 118 Å². The maximum absolute atomic E-state index is 6.29. The summed E-state index contributed by atoms with van der Waals surface area (Å²) in [5.74, 6) is 0. The van der Waals surface area contributed by atoms with Crippen molar-refractivity contribution in [3.8, 4) is 33.6 Å². The van der Waals surface area contributed by atoms with Crippen molar-refractivity contribution in [1.82, 2.24) is 19.6 Å². The molecule has 1 aliphatic rings. The molecular formula is C39H26N4O2. The van der Waals surface area contributed by atoms with Gasteiger partial charge in [-0.25, -0.2) is 4.68 Å². The third-order valence-corrected chi connectivity index (χ3v) is 9.27. The molecule has 0 saturated carbocycles. The summed E-state index contributed by atoms with van der Waals surface area (Å²) >= 11 is 0. The monoisotopic (exact) mass is 582 g/mol. The summed E-state index contributed by atoms with van der Waals surface area (Å²) < 4.78 is 16.5. The number of rotatable bonds is 3. The fourth-order valence-electron chi connectivity index (χ4n) is 7.00. The van der Waals surface area contributed by atoms with Crippen LogP contribution in [0.15, 0.2) is 131 Å². The van der Waals surface area contributed by atoms with Crippen molar-refractivity contribution >= 4 is 43.9 Å². The van der Waals surface area contributed by atoms with E-state index in [0.29, 0.717) is 0 Å². The number of fused-ring (bicyclic) bond motifs is 9. The van der Waals surface area contributed by atoms with Crippen LogP contribution < -0.4 is 0 Å². The molecule has 0 saturated heterocycles. The molecule has 1 aliphatic heterocycles. The van der Waals surface area contributed by atoms with E-state index in [9.17, 15) is 0 Å². The molecule has 10 rings (SSSR count). The lowest BCUT2D eigenvalue weighted by molar-refractivity contribution is 0.668. The Morgan fingerprint density at radius 3 is 2.02 bits per heavy atom. The van der Waals surface area contributed by atoms with E-state index >= 15 is 0 Å². The quantitative estimate of drug-likeness (QED) is 0.208. The lowest BCUT2D eigenvalue weighted by Gasteiger charge is -2.07. The lowest BCUT2D eigenvalue weighted by Crippen LogP contribution is -2.00. The molecule has 0 amide bonds. The van der Waals surface area contributed by atoms with Crippen LogP contribution >= 0.6 is 0 Å². The molecule has 0 aliphatic carbocycles. The number of nitrogens with zero attached hydrogens (tertiary/aromatic N) is 4. The molecule has 214 valence electrons. The van der Waals surface area contributed by atoms with Crippen molar-refractivity contribution < 1.29 is 8.83 Å². The Balaban J connectivity index is 1.05. The summed E-state index contributed by atoms with van der Waals surface area (Å²) in [5, 5.41) is 13.0. The molecule has 5 aromatic carbocycles. The van der Waals surface area contributed by atoms with Gasteiger partial charge in [-0.2, -0.15) is 0 Å². The van der Waals surface area contributed by atoms with E-state index in [0.717, 1.165) is 91.3 Å². The van der Waals surface area contributed by atoms with Crippen molar-refractivity contribution in [2.75, 3.05) is 0 Å². The molecule has 5 heterocycles. The van der Waals surface area contributed by atoms with Gasteiger partial charge >= 0.3 is 0 Å². The molecule has 6 nitrogen and oxygen atoms in total. The van der Waals surface area contributed by atoms with E-state index in [1.54, 1.807) is 0 Å². The third kappa shape index (κ3) is 3.82. The molecule has 45 heavy (non-hydrogen) atoms. The van der Waals surface area contributed by atoms with Crippen LogP contribution in [-0.2, 0) is 12.8 Å². The highest BCUT2D eigenvalue weighted by molar-refractivity contribution is 6.08. The molecular weight excluding hydrogens is 556 g/mol. The van der Waals surface area contributed by atoms with Gasteiger partial charge in [-0.1, -0.05) is 53.7 Å². The van der Waals surface area contributed by atoms with Gasteiger partial charge in [0.2, 0.25) is 0 Å². The largest absolute Gasteiger partial charge is 0.456 e. The maximum Gasteiger partial charge on any atom is 0.135 e. The van der Waals surface area contributed by atoms with Gasteiger partial charge in [0.25, 0.3) is 0 Å². The average Bonchev–Trinajstić information content (AvgIpc) is 3.86. The summed E-state index contributed by atoms with van der Waals surface area (Å²) in [5.41, 5.74) is 12.9. The minimum absolute atomic E-state index is 0.882. The zero-order chi connectivity index (χ0) is 29.5. The zero-order valence-electron chi connectivity index (χ0n) is 24.3. The van der Waals surface area contributed by atoms with E-state index in [1.807, 2.05) is 23.0 Å². The van der Waals surface area contributed by atoms with Crippen LogP contribution in [0.25, 0.3) is 77.5 Å². The van der Waals surface area contributed by atoms with Crippen LogP contribution in [0.1, 0.15) is 17.7 Å². The average molecular weight is 583 g/mol. The fraction of sp³-hybridized carbons (Fsp3) is 0.0769. The van der Waals surface area contributed by atoms with E-state index in [1.165, 1.54) is 16.7 Å². The number of hydrogen-bond acceptors (Lipinski definition) is 4. The number of aromatic nitrogens is 4. The Kier molecular flexibility index (Phi) is 5.08. The van der Waals surface area contributed by atoms with Gasteiger partial charge in [0.15, 0.2) is 0 Å². The van der Waals surface area contributed by atoms with Crippen LogP contribution in [0.3, 0.4) is 0 Å². The molecule has 0 atom stereocenters. The number of para-hydroxylation sites is 1. The van der Waals surface area contributed by atoms with Crippen LogP contribution in [0.5, 0.6) is 0 Å². The minimum Gasteiger partial charge on any atom is -0.456 e. The van der Waals surface area contributed by atoms with Gasteiger partial charge in [0.05, 0.1) is 17.6 Å². The normalized spacial score (nSPS) is 13.1. The second-order valence-electron chi connectivity index (χ2n) is 12.0. The first-order valence-electron chi connectivity index (χ1n) is 15.3. The van der Waals surface area contributed by atoms with E-state index in [-0.39, 0.29) is 0 Å². The molecule has 4 aromatic heterocycles. The van der Waals surface area contributed by atoms with Gasteiger partial charge in [-0.3, -0.25) is 0 Å². The van der Waals surface area contributed by atoms with Crippen molar-refractivity contribution in [3.05, 3.63) is 133 Å². The Bertz CT molecular complexity index is 2600. The summed E-state index contributed by atoms with van der Waals surface area (Å²) in [6, 6.07) is 36.3. The molecule has 6 heteroatoms. The van der Waals surface area contributed by atoms with Crippen LogP contribution in [0.2, 0.25) is 0 Å².